The highest BCUT2D eigenvalue weighted by atomic mass is 16.5. The zero-order chi connectivity index (χ0) is 23.2. The predicted octanol–water partition coefficient (Wildman–Crippen LogP) is 2.12. The molecule has 10 heteroatoms. The summed E-state index contributed by atoms with van der Waals surface area (Å²) in [6, 6.07) is 16.7. The Morgan fingerprint density at radius 3 is 2.67 bits per heavy atom. The zero-order valence-corrected chi connectivity index (χ0v) is 18.0. The maximum atomic E-state index is 12.9. The first-order valence-corrected chi connectivity index (χ1v) is 10.3. The second-order valence-electron chi connectivity index (χ2n) is 7.32. The molecule has 4 aromatic rings. The molecule has 0 spiro atoms. The molecule has 0 unspecified atom stereocenters. The average Bonchev–Trinajstić information content (AvgIpc) is 3.22. The van der Waals surface area contributed by atoms with Gasteiger partial charge >= 0.3 is 5.69 Å². The number of anilines is 2. The first-order chi connectivity index (χ1) is 16.1. The number of nitrogens with zero attached hydrogens (tertiary/aromatic N) is 2. The van der Waals surface area contributed by atoms with Crippen LogP contribution in [0.15, 0.2) is 68.7 Å². The minimum absolute atomic E-state index is 0.0644. The molecule has 0 saturated carbocycles. The van der Waals surface area contributed by atoms with E-state index in [1.165, 1.54) is 11.7 Å². The van der Waals surface area contributed by atoms with E-state index in [0.717, 1.165) is 10.9 Å². The third kappa shape index (κ3) is 5.01. The second-order valence-corrected chi connectivity index (χ2v) is 7.32. The van der Waals surface area contributed by atoms with Gasteiger partial charge in [-0.05, 0) is 17.7 Å². The van der Waals surface area contributed by atoms with Crippen molar-refractivity contribution in [3.8, 4) is 0 Å². The number of hydrogen-bond donors (Lipinski definition) is 3. The number of methoxy groups -OCH3 is 1. The van der Waals surface area contributed by atoms with E-state index in [1.54, 1.807) is 6.07 Å². The fourth-order valence-electron chi connectivity index (χ4n) is 3.44. The fraction of sp³-hybridized carbons (Fsp3) is 0.217. The van der Waals surface area contributed by atoms with Crippen molar-refractivity contribution in [3.05, 3.63) is 86.7 Å². The van der Waals surface area contributed by atoms with Crippen LogP contribution >= 0.6 is 0 Å². The Bertz CT molecular complexity index is 1370. The molecule has 2 heterocycles. The van der Waals surface area contributed by atoms with Gasteiger partial charge in [0, 0.05) is 19.0 Å². The molecule has 33 heavy (non-hydrogen) atoms. The number of carbonyl (C=O) groups excluding carboxylic acids is 1. The SMILES string of the molecule is COCCn1c(NC(=O)Cc2noc3ccccc23)c(NCc2ccccc2)c(=O)[nH]c1=O. The van der Waals surface area contributed by atoms with Gasteiger partial charge in [-0.1, -0.05) is 47.6 Å². The third-order valence-electron chi connectivity index (χ3n) is 5.07. The van der Waals surface area contributed by atoms with Gasteiger partial charge in [0.1, 0.15) is 17.2 Å². The molecule has 0 bridgehead atoms. The Morgan fingerprint density at radius 2 is 1.88 bits per heavy atom. The van der Waals surface area contributed by atoms with Gasteiger partial charge in [0.2, 0.25) is 5.91 Å². The van der Waals surface area contributed by atoms with Crippen molar-refractivity contribution in [1.82, 2.24) is 14.7 Å². The summed E-state index contributed by atoms with van der Waals surface area (Å²) in [5.74, 6) is -0.387. The van der Waals surface area contributed by atoms with Crippen molar-refractivity contribution in [1.29, 1.82) is 0 Å². The van der Waals surface area contributed by atoms with Crippen LogP contribution in [0.1, 0.15) is 11.3 Å². The standard InChI is InChI=1S/C23H23N5O5/c1-32-12-11-28-21(25-19(29)13-17-16-9-5-6-10-18(16)33-27-17)20(22(30)26-23(28)31)24-14-15-7-3-2-4-8-15/h2-10,24H,11-14H2,1H3,(H,25,29)(H,26,30,31). The molecule has 170 valence electrons. The first kappa shape index (κ1) is 22.0. The smallest absolute Gasteiger partial charge is 0.330 e. The van der Waals surface area contributed by atoms with Gasteiger partial charge in [0.05, 0.1) is 19.6 Å². The maximum absolute atomic E-state index is 12.9. The molecule has 2 aromatic carbocycles. The van der Waals surface area contributed by atoms with Crippen molar-refractivity contribution >= 4 is 28.4 Å². The van der Waals surface area contributed by atoms with Crippen LogP contribution in [-0.2, 0) is 29.0 Å². The van der Waals surface area contributed by atoms with Gasteiger partial charge in [0.25, 0.3) is 5.56 Å². The van der Waals surface area contributed by atoms with Crippen LogP contribution in [0.2, 0.25) is 0 Å². The van der Waals surface area contributed by atoms with E-state index in [1.807, 2.05) is 48.5 Å². The molecule has 0 radical (unpaired) electrons. The minimum atomic E-state index is -0.649. The summed E-state index contributed by atoms with van der Waals surface area (Å²) in [6.07, 6.45) is -0.0968. The Labute approximate surface area is 188 Å². The molecule has 0 aliphatic heterocycles. The van der Waals surface area contributed by atoms with E-state index < -0.39 is 17.2 Å². The summed E-state index contributed by atoms with van der Waals surface area (Å²) in [4.78, 5) is 40.4. The van der Waals surface area contributed by atoms with Gasteiger partial charge in [-0.25, -0.2) is 4.79 Å². The number of para-hydroxylation sites is 1. The highest BCUT2D eigenvalue weighted by Crippen LogP contribution is 2.20. The molecule has 0 aliphatic carbocycles. The topological polar surface area (TPSA) is 131 Å². The lowest BCUT2D eigenvalue weighted by Gasteiger charge is -2.17. The van der Waals surface area contributed by atoms with Crippen LogP contribution in [0, 0.1) is 0 Å². The summed E-state index contributed by atoms with van der Waals surface area (Å²) in [6.45, 7) is 0.665. The van der Waals surface area contributed by atoms with Crippen molar-refractivity contribution < 1.29 is 14.1 Å². The number of amides is 1. The van der Waals surface area contributed by atoms with Crippen molar-refractivity contribution in [3.63, 3.8) is 0 Å². The van der Waals surface area contributed by atoms with Crippen LogP contribution in [0.25, 0.3) is 11.0 Å². The monoisotopic (exact) mass is 449 g/mol. The minimum Gasteiger partial charge on any atom is -0.383 e. The molecule has 4 rings (SSSR count). The van der Waals surface area contributed by atoms with Gasteiger partial charge in [-0.15, -0.1) is 0 Å². The number of aromatic nitrogens is 3. The largest absolute Gasteiger partial charge is 0.383 e. The number of nitrogens with one attached hydrogen (secondary N) is 3. The van der Waals surface area contributed by atoms with Crippen molar-refractivity contribution in [2.45, 2.75) is 19.5 Å². The highest BCUT2D eigenvalue weighted by Gasteiger charge is 2.19. The van der Waals surface area contributed by atoms with Gasteiger partial charge in [0.15, 0.2) is 5.58 Å². The van der Waals surface area contributed by atoms with E-state index in [2.05, 4.69) is 20.8 Å². The molecule has 0 fully saturated rings. The molecule has 0 atom stereocenters. The summed E-state index contributed by atoms with van der Waals surface area (Å²) < 4.78 is 11.6. The quantitative estimate of drug-likeness (QED) is 0.357. The highest BCUT2D eigenvalue weighted by molar-refractivity contribution is 5.96. The summed E-state index contributed by atoms with van der Waals surface area (Å²) in [5.41, 5.74) is 0.748. The molecule has 0 aliphatic rings. The van der Waals surface area contributed by atoms with E-state index >= 15 is 0 Å². The van der Waals surface area contributed by atoms with E-state index in [9.17, 15) is 14.4 Å². The molecular weight excluding hydrogens is 426 g/mol. The number of aromatic amines is 1. The Morgan fingerprint density at radius 1 is 1.12 bits per heavy atom. The third-order valence-corrected chi connectivity index (χ3v) is 5.07. The number of benzene rings is 2. The van der Waals surface area contributed by atoms with E-state index in [4.69, 9.17) is 9.26 Å². The van der Waals surface area contributed by atoms with Crippen LogP contribution in [0.5, 0.6) is 0 Å². The summed E-state index contributed by atoms with van der Waals surface area (Å²) in [7, 11) is 1.50. The number of ether oxygens (including phenoxy) is 1. The lowest BCUT2D eigenvalue weighted by atomic mass is 10.1. The normalized spacial score (nSPS) is 10.9. The number of fused-ring (bicyclic) bond motifs is 1. The molecule has 1 amide bonds. The van der Waals surface area contributed by atoms with Crippen LogP contribution in [-0.4, -0.2) is 34.3 Å². The van der Waals surface area contributed by atoms with Crippen LogP contribution in [0.4, 0.5) is 11.5 Å². The van der Waals surface area contributed by atoms with Crippen molar-refractivity contribution in [2.75, 3.05) is 24.4 Å². The predicted molar refractivity (Wildman–Crippen MR) is 123 cm³/mol. The lowest BCUT2D eigenvalue weighted by Crippen LogP contribution is -2.36. The van der Waals surface area contributed by atoms with E-state index in [-0.39, 0.29) is 31.1 Å². The molecule has 2 aromatic heterocycles. The van der Waals surface area contributed by atoms with Crippen molar-refractivity contribution in [2.24, 2.45) is 0 Å². The Hall–Kier alpha value is -4.18. The van der Waals surface area contributed by atoms with Gasteiger partial charge in [-0.2, -0.15) is 0 Å². The molecule has 3 N–H and O–H groups in total. The zero-order valence-electron chi connectivity index (χ0n) is 18.0. The Balaban J connectivity index is 1.65. The number of carbonyl (C=O) groups is 1. The molecule has 0 saturated heterocycles. The van der Waals surface area contributed by atoms with Crippen LogP contribution < -0.4 is 21.9 Å². The molecular formula is C23H23N5O5. The Kier molecular flexibility index (Phi) is 6.65. The number of rotatable bonds is 9. The van der Waals surface area contributed by atoms with Gasteiger partial charge in [-0.3, -0.25) is 19.1 Å². The summed E-state index contributed by atoms with van der Waals surface area (Å²) in [5, 5.41) is 10.5. The maximum Gasteiger partial charge on any atom is 0.330 e. The summed E-state index contributed by atoms with van der Waals surface area (Å²) >= 11 is 0. The second kappa shape index (κ2) is 9.96. The molecule has 10 nitrogen and oxygen atoms in total. The van der Waals surface area contributed by atoms with Crippen LogP contribution in [0.3, 0.4) is 0 Å². The van der Waals surface area contributed by atoms with Gasteiger partial charge < -0.3 is 19.9 Å². The fourth-order valence-corrected chi connectivity index (χ4v) is 3.44. The van der Waals surface area contributed by atoms with E-state index in [0.29, 0.717) is 17.8 Å². The number of H-pyrrole nitrogens is 1. The number of hydrogen-bond acceptors (Lipinski definition) is 7. The first-order valence-electron chi connectivity index (χ1n) is 10.3. The average molecular weight is 449 g/mol. The lowest BCUT2D eigenvalue weighted by molar-refractivity contribution is -0.115.